The minimum Gasteiger partial charge on any atom is -0.497 e. The molecule has 0 radical (unpaired) electrons. The average Bonchev–Trinajstić information content (AvgIpc) is 3.27. The summed E-state index contributed by atoms with van der Waals surface area (Å²) in [7, 11) is 1.64. The van der Waals surface area contributed by atoms with Gasteiger partial charge in [0.1, 0.15) is 11.4 Å². The SMILES string of the molecule is COc1ccc2cc(C(=O)N3CCC([C@@H](C)C(=O)NCCN4CCCC[C@H]4C)CC3)[nH]c2c1. The fourth-order valence-electron chi connectivity index (χ4n) is 5.31. The van der Waals surface area contributed by atoms with E-state index in [9.17, 15) is 9.59 Å². The molecule has 2 fully saturated rings. The third-order valence-electron chi connectivity index (χ3n) is 7.65. The number of aromatic nitrogens is 1. The molecule has 2 atom stereocenters. The Bertz CT molecular complexity index is 964. The molecule has 2 aromatic rings. The number of nitrogens with one attached hydrogen (secondary N) is 2. The maximum atomic E-state index is 13.0. The van der Waals surface area contributed by atoms with E-state index in [-0.39, 0.29) is 17.7 Å². The smallest absolute Gasteiger partial charge is 0.270 e. The Balaban J connectivity index is 1.24. The summed E-state index contributed by atoms with van der Waals surface area (Å²) in [5.41, 5.74) is 1.51. The Hall–Kier alpha value is -2.54. The monoisotopic (exact) mass is 454 g/mol. The van der Waals surface area contributed by atoms with Gasteiger partial charge in [-0.25, -0.2) is 0 Å². The minimum atomic E-state index is -0.0263. The maximum absolute atomic E-state index is 13.0. The number of aromatic amines is 1. The van der Waals surface area contributed by atoms with Crippen molar-refractivity contribution in [2.75, 3.05) is 39.8 Å². The zero-order valence-electron chi connectivity index (χ0n) is 20.2. The van der Waals surface area contributed by atoms with Gasteiger partial charge in [-0.15, -0.1) is 0 Å². The quantitative estimate of drug-likeness (QED) is 0.669. The fourth-order valence-corrected chi connectivity index (χ4v) is 5.31. The van der Waals surface area contributed by atoms with Gasteiger partial charge >= 0.3 is 0 Å². The number of rotatable bonds is 7. The number of carbonyl (C=O) groups is 2. The standard InChI is InChI=1S/C26H38N4O3/c1-18-6-4-5-12-29(18)15-11-27-25(31)19(2)20-9-13-30(14-10-20)26(32)24-16-21-7-8-22(33-3)17-23(21)28-24/h7-8,16-20,28H,4-6,9-15H2,1-3H3,(H,27,31)/t18-,19-/m1/s1. The number of fused-ring (bicyclic) bond motifs is 1. The lowest BCUT2D eigenvalue weighted by molar-refractivity contribution is -0.126. The number of carbonyl (C=O) groups excluding carboxylic acids is 2. The van der Waals surface area contributed by atoms with Crippen LogP contribution in [0.5, 0.6) is 5.75 Å². The number of hydrogen-bond acceptors (Lipinski definition) is 4. The Morgan fingerprint density at radius 3 is 2.67 bits per heavy atom. The third-order valence-corrected chi connectivity index (χ3v) is 7.65. The topological polar surface area (TPSA) is 77.7 Å². The van der Waals surface area contributed by atoms with E-state index < -0.39 is 0 Å². The normalized spacial score (nSPS) is 21.2. The van der Waals surface area contributed by atoms with Crippen molar-refractivity contribution in [1.82, 2.24) is 20.1 Å². The summed E-state index contributed by atoms with van der Waals surface area (Å²) in [6.07, 6.45) is 5.55. The van der Waals surface area contributed by atoms with Crippen LogP contribution >= 0.6 is 0 Å². The number of nitrogens with zero attached hydrogens (tertiary/aromatic N) is 2. The Morgan fingerprint density at radius 1 is 1.15 bits per heavy atom. The number of piperidine rings is 2. The van der Waals surface area contributed by atoms with Gasteiger partial charge < -0.3 is 19.9 Å². The molecule has 0 saturated carbocycles. The summed E-state index contributed by atoms with van der Waals surface area (Å²) >= 11 is 0. The predicted molar refractivity (Wildman–Crippen MR) is 131 cm³/mol. The highest BCUT2D eigenvalue weighted by atomic mass is 16.5. The molecular weight excluding hydrogens is 416 g/mol. The Kier molecular flexibility index (Phi) is 7.58. The lowest BCUT2D eigenvalue weighted by Gasteiger charge is -2.35. The van der Waals surface area contributed by atoms with Gasteiger partial charge in [-0.05, 0) is 63.3 Å². The predicted octanol–water partition coefficient (Wildman–Crippen LogP) is 3.66. The number of methoxy groups -OCH3 is 1. The Labute approximate surface area is 196 Å². The molecule has 0 bridgehead atoms. The number of likely N-dealkylation sites (tertiary alicyclic amines) is 2. The summed E-state index contributed by atoms with van der Waals surface area (Å²) in [5.74, 6) is 1.23. The molecule has 2 amide bonds. The van der Waals surface area contributed by atoms with E-state index in [1.165, 1.54) is 19.3 Å². The van der Waals surface area contributed by atoms with Crippen LogP contribution in [0.3, 0.4) is 0 Å². The third kappa shape index (κ3) is 5.52. The molecule has 0 unspecified atom stereocenters. The first-order valence-corrected chi connectivity index (χ1v) is 12.4. The van der Waals surface area contributed by atoms with Gasteiger partial charge in [-0.2, -0.15) is 0 Å². The first-order valence-electron chi connectivity index (χ1n) is 12.4. The second-order valence-electron chi connectivity index (χ2n) is 9.73. The highest BCUT2D eigenvalue weighted by molar-refractivity contribution is 5.98. The van der Waals surface area contributed by atoms with Crippen LogP contribution in [0.4, 0.5) is 0 Å². The van der Waals surface area contributed by atoms with E-state index in [1.54, 1.807) is 7.11 Å². The van der Waals surface area contributed by atoms with Gasteiger partial charge in [0.15, 0.2) is 0 Å². The van der Waals surface area contributed by atoms with Crippen LogP contribution in [0.2, 0.25) is 0 Å². The van der Waals surface area contributed by atoms with Crippen molar-refractivity contribution in [3.8, 4) is 5.75 Å². The lowest BCUT2D eigenvalue weighted by Crippen LogP contribution is -2.45. The van der Waals surface area contributed by atoms with Gasteiger partial charge in [0.25, 0.3) is 5.91 Å². The van der Waals surface area contributed by atoms with Crippen molar-refractivity contribution in [2.24, 2.45) is 11.8 Å². The van der Waals surface area contributed by atoms with Crippen LogP contribution < -0.4 is 10.1 Å². The summed E-state index contributed by atoms with van der Waals surface area (Å²) in [6.45, 7) is 8.48. The van der Waals surface area contributed by atoms with Crippen LogP contribution in [0.15, 0.2) is 24.3 Å². The molecule has 2 aliphatic rings. The molecule has 3 heterocycles. The van der Waals surface area contributed by atoms with E-state index in [0.29, 0.717) is 30.7 Å². The molecular formula is C26H38N4O3. The molecule has 2 saturated heterocycles. The second kappa shape index (κ2) is 10.6. The van der Waals surface area contributed by atoms with Crippen molar-refractivity contribution in [3.05, 3.63) is 30.0 Å². The van der Waals surface area contributed by atoms with Crippen LogP contribution in [-0.4, -0.2) is 72.5 Å². The zero-order chi connectivity index (χ0) is 23.4. The number of H-pyrrole nitrogens is 1. The molecule has 180 valence electrons. The van der Waals surface area contributed by atoms with E-state index in [1.807, 2.05) is 36.1 Å². The van der Waals surface area contributed by atoms with Crippen molar-refractivity contribution in [1.29, 1.82) is 0 Å². The van der Waals surface area contributed by atoms with E-state index in [2.05, 4.69) is 22.1 Å². The van der Waals surface area contributed by atoms with Crippen molar-refractivity contribution < 1.29 is 14.3 Å². The molecule has 2 N–H and O–H groups in total. The van der Waals surface area contributed by atoms with E-state index in [0.717, 1.165) is 49.1 Å². The molecule has 33 heavy (non-hydrogen) atoms. The highest BCUT2D eigenvalue weighted by Gasteiger charge is 2.30. The van der Waals surface area contributed by atoms with Crippen molar-refractivity contribution in [3.63, 3.8) is 0 Å². The highest BCUT2D eigenvalue weighted by Crippen LogP contribution is 2.27. The fraction of sp³-hybridized carbons (Fsp3) is 0.615. The van der Waals surface area contributed by atoms with Gasteiger partial charge in [-0.1, -0.05) is 13.3 Å². The Morgan fingerprint density at radius 2 is 1.94 bits per heavy atom. The lowest BCUT2D eigenvalue weighted by atomic mass is 9.84. The summed E-state index contributed by atoms with van der Waals surface area (Å²) in [4.78, 5) is 33.4. The number of ether oxygens (including phenoxy) is 1. The van der Waals surface area contributed by atoms with Crippen LogP contribution in [0, 0.1) is 11.8 Å². The van der Waals surface area contributed by atoms with Crippen molar-refractivity contribution >= 4 is 22.7 Å². The second-order valence-corrected chi connectivity index (χ2v) is 9.73. The summed E-state index contributed by atoms with van der Waals surface area (Å²) in [5, 5.41) is 4.15. The number of amides is 2. The van der Waals surface area contributed by atoms with Gasteiger partial charge in [0.05, 0.1) is 7.11 Å². The number of benzene rings is 1. The van der Waals surface area contributed by atoms with E-state index in [4.69, 9.17) is 4.74 Å². The summed E-state index contributed by atoms with van der Waals surface area (Å²) in [6, 6.07) is 8.29. The average molecular weight is 455 g/mol. The van der Waals surface area contributed by atoms with Gasteiger partial charge in [-0.3, -0.25) is 14.5 Å². The molecule has 1 aromatic carbocycles. The van der Waals surface area contributed by atoms with E-state index >= 15 is 0 Å². The molecule has 2 aliphatic heterocycles. The molecule has 0 spiro atoms. The largest absolute Gasteiger partial charge is 0.497 e. The van der Waals surface area contributed by atoms with Crippen molar-refractivity contribution in [2.45, 2.75) is 52.0 Å². The molecule has 7 heteroatoms. The van der Waals surface area contributed by atoms with Gasteiger partial charge in [0.2, 0.25) is 5.91 Å². The van der Waals surface area contributed by atoms with Crippen LogP contribution in [0.1, 0.15) is 56.4 Å². The molecule has 1 aromatic heterocycles. The first kappa shape index (κ1) is 23.6. The first-order chi connectivity index (χ1) is 16.0. The molecule has 4 rings (SSSR count). The minimum absolute atomic E-state index is 0.0244. The maximum Gasteiger partial charge on any atom is 0.270 e. The zero-order valence-corrected chi connectivity index (χ0v) is 20.2. The molecule has 0 aliphatic carbocycles. The number of hydrogen-bond donors (Lipinski definition) is 2. The summed E-state index contributed by atoms with van der Waals surface area (Å²) < 4.78 is 5.27. The van der Waals surface area contributed by atoms with Gasteiger partial charge in [0, 0.05) is 55.1 Å². The molecule has 7 nitrogen and oxygen atoms in total. The van der Waals surface area contributed by atoms with Crippen LogP contribution in [0.25, 0.3) is 10.9 Å². The van der Waals surface area contributed by atoms with Crippen LogP contribution in [-0.2, 0) is 4.79 Å².